The summed E-state index contributed by atoms with van der Waals surface area (Å²) in [6.45, 7) is 2.10. The van der Waals surface area contributed by atoms with Crippen molar-refractivity contribution >= 4 is 33.0 Å². The van der Waals surface area contributed by atoms with E-state index in [4.69, 9.17) is 9.40 Å². The van der Waals surface area contributed by atoms with Crippen LogP contribution in [0.1, 0.15) is 5.56 Å². The van der Waals surface area contributed by atoms with Crippen molar-refractivity contribution in [3.63, 3.8) is 0 Å². The standard InChI is InChI=1S/C32H22N2O/c1-21-9-7-13-26-27-14-8-12-25(31(27)35-30(21)26)22-17-19-23(20-18-22)32-33-28-15-5-6-16-29(28)34(32)24-10-3-2-4-11-24/h2-20H,1H3. The molecule has 166 valence electrons. The molecule has 7 aromatic rings. The zero-order valence-electron chi connectivity index (χ0n) is 19.3. The zero-order chi connectivity index (χ0) is 23.4. The maximum absolute atomic E-state index is 6.38. The molecule has 3 heteroatoms. The summed E-state index contributed by atoms with van der Waals surface area (Å²) in [4.78, 5) is 4.99. The van der Waals surface area contributed by atoms with Crippen LogP contribution in [0.15, 0.2) is 120 Å². The second-order valence-corrected chi connectivity index (χ2v) is 8.91. The molecule has 7 rings (SSSR count). The Hall–Kier alpha value is -4.63. The number of hydrogen-bond donors (Lipinski definition) is 0. The topological polar surface area (TPSA) is 31.0 Å². The van der Waals surface area contributed by atoms with Crippen LogP contribution in [0, 0.1) is 6.92 Å². The van der Waals surface area contributed by atoms with Gasteiger partial charge < -0.3 is 4.42 Å². The van der Waals surface area contributed by atoms with Gasteiger partial charge in [-0.05, 0) is 42.3 Å². The molecule has 0 unspecified atom stereocenters. The van der Waals surface area contributed by atoms with Crippen LogP contribution < -0.4 is 0 Å². The van der Waals surface area contributed by atoms with Crippen molar-refractivity contribution < 1.29 is 4.42 Å². The van der Waals surface area contributed by atoms with Crippen molar-refractivity contribution in [2.45, 2.75) is 6.92 Å². The SMILES string of the molecule is Cc1cccc2c1oc1c(-c3ccc(-c4nc5ccccc5n4-c4ccccc4)cc3)cccc12. The Kier molecular flexibility index (Phi) is 4.36. The summed E-state index contributed by atoms with van der Waals surface area (Å²) in [6, 6.07) is 40.0. The molecule has 0 aliphatic rings. The van der Waals surface area contributed by atoms with Gasteiger partial charge in [-0.1, -0.05) is 91.0 Å². The lowest BCUT2D eigenvalue weighted by Gasteiger charge is -2.10. The van der Waals surface area contributed by atoms with E-state index in [1.165, 1.54) is 0 Å². The monoisotopic (exact) mass is 450 g/mol. The Morgan fingerprint density at radius 2 is 1.29 bits per heavy atom. The molecule has 0 spiro atoms. The van der Waals surface area contributed by atoms with Gasteiger partial charge in [0, 0.05) is 27.6 Å². The van der Waals surface area contributed by atoms with Gasteiger partial charge in [-0.25, -0.2) is 4.98 Å². The van der Waals surface area contributed by atoms with Crippen molar-refractivity contribution in [1.29, 1.82) is 0 Å². The Bertz CT molecular complexity index is 1840. The van der Waals surface area contributed by atoms with E-state index in [-0.39, 0.29) is 0 Å². The fraction of sp³-hybridized carbons (Fsp3) is 0.0312. The molecule has 0 fully saturated rings. The highest BCUT2D eigenvalue weighted by molar-refractivity contribution is 6.10. The molecule has 3 nitrogen and oxygen atoms in total. The Labute approximate surface area is 202 Å². The number of hydrogen-bond acceptors (Lipinski definition) is 2. The van der Waals surface area contributed by atoms with Crippen LogP contribution in [0.5, 0.6) is 0 Å². The van der Waals surface area contributed by atoms with Crippen LogP contribution in [-0.4, -0.2) is 9.55 Å². The van der Waals surface area contributed by atoms with Crippen molar-refractivity contribution in [2.75, 3.05) is 0 Å². The lowest BCUT2D eigenvalue weighted by atomic mass is 10.0. The average Bonchev–Trinajstić information content (AvgIpc) is 3.49. The lowest BCUT2D eigenvalue weighted by molar-refractivity contribution is 0.667. The fourth-order valence-electron chi connectivity index (χ4n) is 5.05. The third-order valence-corrected chi connectivity index (χ3v) is 6.75. The van der Waals surface area contributed by atoms with E-state index in [0.29, 0.717) is 0 Å². The van der Waals surface area contributed by atoms with Crippen LogP contribution >= 0.6 is 0 Å². The van der Waals surface area contributed by atoms with Crippen molar-refractivity contribution in [2.24, 2.45) is 0 Å². The van der Waals surface area contributed by atoms with E-state index in [1.807, 2.05) is 12.1 Å². The van der Waals surface area contributed by atoms with Gasteiger partial charge in [-0.3, -0.25) is 4.57 Å². The summed E-state index contributed by atoms with van der Waals surface area (Å²) < 4.78 is 8.61. The molecule has 0 N–H and O–H groups in total. The molecule has 0 saturated carbocycles. The normalized spacial score (nSPS) is 11.6. The molecule has 0 amide bonds. The van der Waals surface area contributed by atoms with Gasteiger partial charge in [0.2, 0.25) is 0 Å². The van der Waals surface area contributed by atoms with Gasteiger partial charge in [0.25, 0.3) is 0 Å². The van der Waals surface area contributed by atoms with Crippen LogP contribution in [-0.2, 0) is 0 Å². The van der Waals surface area contributed by atoms with Crippen molar-refractivity contribution in [1.82, 2.24) is 9.55 Å². The molecule has 0 aliphatic heterocycles. The molecular formula is C32H22N2O. The molecule has 0 radical (unpaired) electrons. The molecular weight excluding hydrogens is 428 g/mol. The first-order chi connectivity index (χ1) is 17.3. The number of furan rings is 1. The number of para-hydroxylation sites is 5. The van der Waals surface area contributed by atoms with Crippen LogP contribution in [0.3, 0.4) is 0 Å². The van der Waals surface area contributed by atoms with Gasteiger partial charge in [-0.2, -0.15) is 0 Å². The maximum atomic E-state index is 6.38. The number of imidazole rings is 1. The number of benzene rings is 5. The minimum Gasteiger partial charge on any atom is -0.455 e. The van der Waals surface area contributed by atoms with Gasteiger partial charge in [-0.15, -0.1) is 0 Å². The fourth-order valence-corrected chi connectivity index (χ4v) is 5.05. The third kappa shape index (κ3) is 3.09. The summed E-state index contributed by atoms with van der Waals surface area (Å²) in [5.74, 6) is 0.932. The lowest BCUT2D eigenvalue weighted by Crippen LogP contribution is -1.97. The molecule has 0 aliphatic carbocycles. The van der Waals surface area contributed by atoms with Crippen LogP contribution in [0.25, 0.3) is 61.2 Å². The number of aryl methyl sites for hydroxylation is 1. The number of rotatable bonds is 3. The second kappa shape index (κ2) is 7.71. The number of fused-ring (bicyclic) bond motifs is 4. The summed E-state index contributed by atoms with van der Waals surface area (Å²) >= 11 is 0. The van der Waals surface area contributed by atoms with Gasteiger partial charge in [0.15, 0.2) is 0 Å². The van der Waals surface area contributed by atoms with E-state index < -0.39 is 0 Å². The predicted molar refractivity (Wildman–Crippen MR) is 144 cm³/mol. The third-order valence-electron chi connectivity index (χ3n) is 6.75. The van der Waals surface area contributed by atoms with Gasteiger partial charge in [0.1, 0.15) is 17.0 Å². The van der Waals surface area contributed by atoms with Crippen molar-refractivity contribution in [3.8, 4) is 28.2 Å². The predicted octanol–water partition coefficient (Wildman–Crippen LogP) is 8.57. The minimum atomic E-state index is 0.932. The highest BCUT2D eigenvalue weighted by Crippen LogP contribution is 2.37. The zero-order valence-corrected chi connectivity index (χ0v) is 19.3. The second-order valence-electron chi connectivity index (χ2n) is 8.91. The highest BCUT2D eigenvalue weighted by Gasteiger charge is 2.16. The molecule has 0 atom stereocenters. The Morgan fingerprint density at radius 1 is 0.600 bits per heavy atom. The van der Waals surface area contributed by atoms with E-state index in [9.17, 15) is 0 Å². The molecule has 5 aromatic carbocycles. The van der Waals surface area contributed by atoms with Crippen molar-refractivity contribution in [3.05, 3.63) is 121 Å². The average molecular weight is 451 g/mol. The minimum absolute atomic E-state index is 0.932. The number of aromatic nitrogens is 2. The van der Waals surface area contributed by atoms with Gasteiger partial charge in [0.05, 0.1) is 11.0 Å². The molecule has 0 bridgehead atoms. The van der Waals surface area contributed by atoms with E-state index in [1.54, 1.807) is 0 Å². The van der Waals surface area contributed by atoms with Crippen LogP contribution in [0.4, 0.5) is 0 Å². The summed E-state index contributed by atoms with van der Waals surface area (Å²) in [5.41, 5.74) is 9.52. The van der Waals surface area contributed by atoms with Crippen LogP contribution in [0.2, 0.25) is 0 Å². The number of nitrogens with zero attached hydrogens (tertiary/aromatic N) is 2. The summed E-state index contributed by atoms with van der Waals surface area (Å²) in [5, 5.41) is 2.31. The highest BCUT2D eigenvalue weighted by atomic mass is 16.3. The first-order valence-electron chi connectivity index (χ1n) is 11.8. The van der Waals surface area contributed by atoms with E-state index in [2.05, 4.69) is 115 Å². The molecule has 0 saturated heterocycles. The summed E-state index contributed by atoms with van der Waals surface area (Å²) in [7, 11) is 0. The molecule has 2 aromatic heterocycles. The first kappa shape index (κ1) is 19.8. The Balaban J connectivity index is 1.38. The van der Waals surface area contributed by atoms with E-state index in [0.717, 1.165) is 66.7 Å². The molecule has 35 heavy (non-hydrogen) atoms. The Morgan fingerprint density at radius 3 is 2.11 bits per heavy atom. The first-order valence-corrected chi connectivity index (χ1v) is 11.8. The largest absolute Gasteiger partial charge is 0.455 e. The maximum Gasteiger partial charge on any atom is 0.145 e. The quantitative estimate of drug-likeness (QED) is 0.270. The smallest absolute Gasteiger partial charge is 0.145 e. The van der Waals surface area contributed by atoms with Gasteiger partial charge >= 0.3 is 0 Å². The van der Waals surface area contributed by atoms with E-state index >= 15 is 0 Å². The summed E-state index contributed by atoms with van der Waals surface area (Å²) in [6.07, 6.45) is 0. The molecule has 2 heterocycles.